The Morgan fingerprint density at radius 1 is 1.20 bits per heavy atom. The molecule has 1 rings (SSSR count). The van der Waals surface area contributed by atoms with Crippen molar-refractivity contribution in [2.45, 2.75) is 38.5 Å². The molecule has 1 N–H and O–H groups in total. The van der Waals surface area contributed by atoms with Crippen LogP contribution in [0.25, 0.3) is 0 Å². The SMILES string of the molecule is CCNC(c1ccccc1)C(C)N(C)CCC(F)(F)F. The summed E-state index contributed by atoms with van der Waals surface area (Å²) in [5, 5.41) is 3.35. The first-order chi connectivity index (χ1) is 9.35. The highest BCUT2D eigenvalue weighted by Gasteiger charge is 2.29. The molecule has 2 unspecified atom stereocenters. The lowest BCUT2D eigenvalue weighted by molar-refractivity contribution is -0.138. The lowest BCUT2D eigenvalue weighted by Crippen LogP contribution is -2.42. The fourth-order valence-corrected chi connectivity index (χ4v) is 2.21. The van der Waals surface area contributed by atoms with Gasteiger partial charge in [-0.15, -0.1) is 0 Å². The highest BCUT2D eigenvalue weighted by atomic mass is 19.4. The molecule has 0 bridgehead atoms. The van der Waals surface area contributed by atoms with Crippen LogP contribution in [0.1, 0.15) is 31.9 Å². The summed E-state index contributed by atoms with van der Waals surface area (Å²) in [6.45, 7) is 4.74. The monoisotopic (exact) mass is 288 g/mol. The van der Waals surface area contributed by atoms with Crippen LogP contribution in [0.3, 0.4) is 0 Å². The molecule has 20 heavy (non-hydrogen) atoms. The van der Waals surface area contributed by atoms with Crippen molar-refractivity contribution in [2.24, 2.45) is 0 Å². The molecule has 1 aromatic carbocycles. The summed E-state index contributed by atoms with van der Waals surface area (Å²) in [5.74, 6) is 0. The maximum Gasteiger partial charge on any atom is 0.390 e. The minimum Gasteiger partial charge on any atom is -0.309 e. The lowest BCUT2D eigenvalue weighted by Gasteiger charge is -2.33. The number of nitrogens with zero attached hydrogens (tertiary/aromatic N) is 1. The maximum atomic E-state index is 12.3. The van der Waals surface area contributed by atoms with Crippen LogP contribution in [-0.2, 0) is 0 Å². The average molecular weight is 288 g/mol. The smallest absolute Gasteiger partial charge is 0.309 e. The van der Waals surface area contributed by atoms with Crippen molar-refractivity contribution in [1.82, 2.24) is 10.2 Å². The van der Waals surface area contributed by atoms with E-state index < -0.39 is 12.6 Å². The zero-order chi connectivity index (χ0) is 15.2. The molecule has 0 spiro atoms. The fraction of sp³-hybridized carbons (Fsp3) is 0.600. The van der Waals surface area contributed by atoms with E-state index in [0.717, 1.165) is 12.1 Å². The van der Waals surface area contributed by atoms with Gasteiger partial charge >= 0.3 is 6.18 Å². The maximum absolute atomic E-state index is 12.3. The summed E-state index contributed by atoms with van der Waals surface area (Å²) in [4.78, 5) is 1.76. The molecule has 0 fully saturated rings. The van der Waals surface area contributed by atoms with E-state index in [1.54, 1.807) is 11.9 Å². The van der Waals surface area contributed by atoms with Crippen LogP contribution >= 0.6 is 0 Å². The van der Waals surface area contributed by atoms with Crippen molar-refractivity contribution in [3.05, 3.63) is 35.9 Å². The van der Waals surface area contributed by atoms with E-state index >= 15 is 0 Å². The second-order valence-corrected chi connectivity index (χ2v) is 5.03. The molecule has 0 heterocycles. The Morgan fingerprint density at radius 2 is 1.80 bits per heavy atom. The van der Waals surface area contributed by atoms with Crippen LogP contribution in [0.5, 0.6) is 0 Å². The third-order valence-corrected chi connectivity index (χ3v) is 3.51. The Labute approximate surface area is 119 Å². The largest absolute Gasteiger partial charge is 0.390 e. The lowest BCUT2D eigenvalue weighted by atomic mass is 9.99. The molecular formula is C15H23F3N2. The fourth-order valence-electron chi connectivity index (χ4n) is 2.21. The van der Waals surface area contributed by atoms with Gasteiger partial charge in [0.2, 0.25) is 0 Å². The van der Waals surface area contributed by atoms with E-state index in [-0.39, 0.29) is 18.6 Å². The molecule has 114 valence electrons. The van der Waals surface area contributed by atoms with Crippen molar-refractivity contribution >= 4 is 0 Å². The third-order valence-electron chi connectivity index (χ3n) is 3.51. The quantitative estimate of drug-likeness (QED) is 0.824. The van der Waals surface area contributed by atoms with Gasteiger partial charge in [-0.25, -0.2) is 0 Å². The number of halogens is 3. The van der Waals surface area contributed by atoms with Crippen LogP contribution in [0.4, 0.5) is 13.2 Å². The Balaban J connectivity index is 2.71. The molecule has 2 atom stereocenters. The number of hydrogen-bond donors (Lipinski definition) is 1. The minimum atomic E-state index is -4.10. The molecule has 1 aromatic rings. The normalized spacial score (nSPS) is 15.3. The third kappa shape index (κ3) is 5.51. The van der Waals surface area contributed by atoms with Gasteiger partial charge in [0.25, 0.3) is 0 Å². The molecule has 0 aliphatic carbocycles. The molecule has 0 saturated heterocycles. The number of rotatable bonds is 7. The van der Waals surface area contributed by atoms with E-state index in [0.29, 0.717) is 0 Å². The van der Waals surface area contributed by atoms with Gasteiger partial charge in [0.1, 0.15) is 0 Å². The van der Waals surface area contributed by atoms with Gasteiger partial charge in [-0.1, -0.05) is 37.3 Å². The van der Waals surface area contributed by atoms with Gasteiger partial charge in [-0.2, -0.15) is 13.2 Å². The van der Waals surface area contributed by atoms with Gasteiger partial charge < -0.3 is 10.2 Å². The summed E-state index contributed by atoms with van der Waals surface area (Å²) < 4.78 is 36.9. The topological polar surface area (TPSA) is 15.3 Å². The predicted molar refractivity (Wildman–Crippen MR) is 75.6 cm³/mol. The summed E-state index contributed by atoms with van der Waals surface area (Å²) >= 11 is 0. The molecule has 0 radical (unpaired) electrons. The number of likely N-dealkylation sites (N-methyl/N-ethyl adjacent to an activating group) is 2. The Hall–Kier alpha value is -1.07. The zero-order valence-electron chi connectivity index (χ0n) is 12.2. The molecule has 0 saturated carbocycles. The van der Waals surface area contributed by atoms with Crippen molar-refractivity contribution in [3.8, 4) is 0 Å². The molecule has 0 amide bonds. The van der Waals surface area contributed by atoms with Crippen LogP contribution in [0.15, 0.2) is 30.3 Å². The second kappa shape index (κ2) is 7.64. The molecule has 2 nitrogen and oxygen atoms in total. The molecule has 0 aromatic heterocycles. The Kier molecular flexibility index (Phi) is 6.49. The zero-order valence-corrected chi connectivity index (χ0v) is 12.2. The van der Waals surface area contributed by atoms with Crippen molar-refractivity contribution < 1.29 is 13.2 Å². The number of nitrogens with one attached hydrogen (secondary N) is 1. The van der Waals surface area contributed by atoms with E-state index in [4.69, 9.17) is 0 Å². The molecule has 0 aliphatic rings. The van der Waals surface area contributed by atoms with E-state index in [1.807, 2.05) is 44.2 Å². The number of benzene rings is 1. The Morgan fingerprint density at radius 3 is 2.30 bits per heavy atom. The first-order valence-electron chi connectivity index (χ1n) is 6.90. The molecular weight excluding hydrogens is 265 g/mol. The van der Waals surface area contributed by atoms with Gasteiger partial charge in [0.05, 0.1) is 6.42 Å². The van der Waals surface area contributed by atoms with Gasteiger partial charge in [0.15, 0.2) is 0 Å². The van der Waals surface area contributed by atoms with E-state index in [9.17, 15) is 13.2 Å². The molecule has 5 heteroatoms. The molecule has 0 aliphatic heterocycles. The van der Waals surface area contributed by atoms with E-state index in [2.05, 4.69) is 5.32 Å². The van der Waals surface area contributed by atoms with Crippen molar-refractivity contribution in [1.29, 1.82) is 0 Å². The van der Waals surface area contributed by atoms with Crippen molar-refractivity contribution in [2.75, 3.05) is 20.1 Å². The summed E-state index contributed by atoms with van der Waals surface area (Å²) in [6.07, 6.45) is -4.88. The highest BCUT2D eigenvalue weighted by molar-refractivity contribution is 5.20. The van der Waals surface area contributed by atoms with Crippen LogP contribution in [-0.4, -0.2) is 37.3 Å². The van der Waals surface area contributed by atoms with Crippen LogP contribution in [0.2, 0.25) is 0 Å². The van der Waals surface area contributed by atoms with E-state index in [1.165, 1.54) is 0 Å². The standard InChI is InChI=1S/C15H23F3N2/c1-4-19-14(13-8-6-5-7-9-13)12(2)20(3)11-10-15(16,17)18/h5-9,12,14,19H,4,10-11H2,1-3H3. The van der Waals surface area contributed by atoms with Crippen LogP contribution < -0.4 is 5.32 Å². The first-order valence-corrected chi connectivity index (χ1v) is 6.90. The Bertz CT molecular complexity index is 378. The second-order valence-electron chi connectivity index (χ2n) is 5.03. The van der Waals surface area contributed by atoms with Crippen LogP contribution in [0, 0.1) is 0 Å². The summed E-state index contributed by atoms with van der Waals surface area (Å²) in [7, 11) is 1.74. The number of hydrogen-bond acceptors (Lipinski definition) is 2. The first kappa shape index (κ1) is 17.0. The minimum absolute atomic E-state index is 0.0133. The van der Waals surface area contributed by atoms with Crippen molar-refractivity contribution in [3.63, 3.8) is 0 Å². The number of alkyl halides is 3. The summed E-state index contributed by atoms with van der Waals surface area (Å²) in [5.41, 5.74) is 1.10. The predicted octanol–water partition coefficient (Wildman–Crippen LogP) is 3.61. The highest BCUT2D eigenvalue weighted by Crippen LogP contribution is 2.23. The summed E-state index contributed by atoms with van der Waals surface area (Å²) in [6, 6.07) is 9.84. The van der Waals surface area contributed by atoms with Gasteiger partial charge in [-0.05, 0) is 26.1 Å². The van der Waals surface area contributed by atoms with Gasteiger partial charge in [-0.3, -0.25) is 0 Å². The average Bonchev–Trinajstić information content (AvgIpc) is 2.41. The van der Waals surface area contributed by atoms with Gasteiger partial charge in [0, 0.05) is 18.6 Å².